The van der Waals surface area contributed by atoms with Crippen LogP contribution in [-0.2, 0) is 11.3 Å². The number of methoxy groups -OCH3 is 2. The Kier molecular flexibility index (Phi) is 6.02. The fraction of sp³-hybridized carbons (Fsp3) is 0.696. The van der Waals surface area contributed by atoms with Gasteiger partial charge >= 0.3 is 0 Å². The van der Waals surface area contributed by atoms with Crippen molar-refractivity contribution < 1.29 is 19.4 Å². The van der Waals surface area contributed by atoms with Gasteiger partial charge in [-0.1, -0.05) is 0 Å². The number of carbonyl (C=O) groups excluding carboxylic acids is 1. The van der Waals surface area contributed by atoms with Gasteiger partial charge in [-0.25, -0.2) is 0 Å². The Morgan fingerprint density at radius 3 is 2.24 bits per heavy atom. The predicted molar refractivity (Wildman–Crippen MR) is 111 cm³/mol. The van der Waals surface area contributed by atoms with E-state index in [0.717, 1.165) is 88.1 Å². The Morgan fingerprint density at radius 1 is 1.00 bits per heavy atom. The second kappa shape index (κ2) is 8.52. The van der Waals surface area contributed by atoms with Crippen molar-refractivity contribution in [3.8, 4) is 11.5 Å². The monoisotopic (exact) mass is 402 g/mol. The van der Waals surface area contributed by atoms with Crippen LogP contribution in [0.1, 0.15) is 56.9 Å². The molecule has 2 aliphatic heterocycles. The summed E-state index contributed by atoms with van der Waals surface area (Å²) in [6.07, 6.45) is 7.30. The normalized spacial score (nSPS) is 30.7. The number of nitrogens with zero attached hydrogens (tertiary/aromatic N) is 2. The molecule has 0 aromatic heterocycles. The first-order chi connectivity index (χ1) is 14.1. The van der Waals surface area contributed by atoms with Crippen LogP contribution in [0.3, 0.4) is 0 Å². The number of aliphatic hydroxyl groups is 1. The molecule has 1 spiro atoms. The smallest absolute Gasteiger partial charge is 0.243 e. The SMILES string of the molecule is COc1cc(CN2CCCC23CCCN(C2CCC(O)CC2)C3=O)cc(OC)c1. The Labute approximate surface area is 173 Å². The molecule has 29 heavy (non-hydrogen) atoms. The molecule has 1 unspecified atom stereocenters. The summed E-state index contributed by atoms with van der Waals surface area (Å²) in [6, 6.07) is 6.26. The Bertz CT molecular complexity index is 709. The highest BCUT2D eigenvalue weighted by atomic mass is 16.5. The molecule has 2 saturated heterocycles. The van der Waals surface area contributed by atoms with Gasteiger partial charge in [0.05, 0.1) is 20.3 Å². The number of piperidine rings is 1. The minimum Gasteiger partial charge on any atom is -0.497 e. The number of hydrogen-bond acceptors (Lipinski definition) is 5. The number of carbonyl (C=O) groups is 1. The van der Waals surface area contributed by atoms with Crippen LogP contribution in [0.4, 0.5) is 0 Å². The molecule has 6 nitrogen and oxygen atoms in total. The minimum atomic E-state index is -0.370. The molecular weight excluding hydrogens is 368 g/mol. The van der Waals surface area contributed by atoms with E-state index < -0.39 is 0 Å². The molecule has 0 radical (unpaired) electrons. The van der Waals surface area contributed by atoms with Gasteiger partial charge in [0.25, 0.3) is 0 Å². The highest BCUT2D eigenvalue weighted by Crippen LogP contribution is 2.41. The van der Waals surface area contributed by atoms with Crippen molar-refractivity contribution in [2.75, 3.05) is 27.3 Å². The molecule has 4 rings (SSSR count). The summed E-state index contributed by atoms with van der Waals surface area (Å²) in [7, 11) is 3.33. The maximum Gasteiger partial charge on any atom is 0.243 e. The van der Waals surface area contributed by atoms with Crippen molar-refractivity contribution in [3.63, 3.8) is 0 Å². The number of hydrogen-bond donors (Lipinski definition) is 1. The summed E-state index contributed by atoms with van der Waals surface area (Å²) in [5.74, 6) is 1.88. The van der Waals surface area contributed by atoms with Crippen LogP contribution >= 0.6 is 0 Å². The molecule has 1 amide bonds. The molecule has 1 saturated carbocycles. The summed E-state index contributed by atoms with van der Waals surface area (Å²) in [4.78, 5) is 18.3. The van der Waals surface area contributed by atoms with Crippen molar-refractivity contribution in [1.29, 1.82) is 0 Å². The number of benzene rings is 1. The third-order valence-corrected chi connectivity index (χ3v) is 7.16. The first kappa shape index (κ1) is 20.5. The topological polar surface area (TPSA) is 62.2 Å². The predicted octanol–water partition coefficient (Wildman–Crippen LogP) is 2.96. The maximum atomic E-state index is 13.7. The van der Waals surface area contributed by atoms with Crippen LogP contribution in [0.2, 0.25) is 0 Å². The summed E-state index contributed by atoms with van der Waals surface area (Å²) in [5.41, 5.74) is 0.748. The first-order valence-electron chi connectivity index (χ1n) is 11.0. The van der Waals surface area contributed by atoms with E-state index in [9.17, 15) is 9.90 Å². The lowest BCUT2D eigenvalue weighted by Crippen LogP contribution is -2.62. The lowest BCUT2D eigenvalue weighted by molar-refractivity contribution is -0.152. The van der Waals surface area contributed by atoms with Crippen LogP contribution in [0.15, 0.2) is 18.2 Å². The van der Waals surface area contributed by atoms with Crippen LogP contribution in [0.5, 0.6) is 11.5 Å². The molecule has 160 valence electrons. The summed E-state index contributed by atoms with van der Waals surface area (Å²) >= 11 is 0. The standard InChI is InChI=1S/C23H34N2O4/c1-28-20-13-17(14-21(15-20)29-2)16-24-11-3-9-23(24)10-4-12-25(22(23)27)18-5-7-19(26)8-6-18/h13-15,18-19,26H,3-12,16H2,1-2H3. The fourth-order valence-electron chi connectivity index (χ4n) is 5.60. The average molecular weight is 403 g/mol. The van der Waals surface area contributed by atoms with Gasteiger partial charge in [-0.15, -0.1) is 0 Å². The van der Waals surface area contributed by atoms with E-state index in [1.54, 1.807) is 14.2 Å². The van der Waals surface area contributed by atoms with E-state index in [4.69, 9.17) is 9.47 Å². The number of ether oxygens (including phenoxy) is 2. The van der Waals surface area contributed by atoms with Crippen molar-refractivity contribution >= 4 is 5.91 Å². The van der Waals surface area contributed by atoms with Crippen molar-refractivity contribution in [3.05, 3.63) is 23.8 Å². The second-order valence-corrected chi connectivity index (χ2v) is 8.84. The highest BCUT2D eigenvalue weighted by molar-refractivity contribution is 5.88. The van der Waals surface area contributed by atoms with Gasteiger partial charge < -0.3 is 19.5 Å². The van der Waals surface area contributed by atoms with Gasteiger partial charge in [0.2, 0.25) is 5.91 Å². The van der Waals surface area contributed by atoms with Crippen LogP contribution in [0, 0.1) is 0 Å². The number of aliphatic hydroxyl groups excluding tert-OH is 1. The van der Waals surface area contributed by atoms with E-state index in [1.807, 2.05) is 18.2 Å². The molecule has 1 aliphatic carbocycles. The molecule has 0 bridgehead atoms. The van der Waals surface area contributed by atoms with E-state index in [0.29, 0.717) is 11.9 Å². The number of amides is 1. The third kappa shape index (κ3) is 3.97. The Morgan fingerprint density at radius 2 is 1.62 bits per heavy atom. The van der Waals surface area contributed by atoms with E-state index in [1.165, 1.54) is 0 Å². The van der Waals surface area contributed by atoms with Crippen LogP contribution in [0.25, 0.3) is 0 Å². The minimum absolute atomic E-state index is 0.189. The van der Waals surface area contributed by atoms with Gasteiger partial charge in [-0.05, 0) is 75.6 Å². The first-order valence-corrected chi connectivity index (χ1v) is 11.0. The molecule has 2 heterocycles. The number of likely N-dealkylation sites (tertiary alicyclic amines) is 2. The lowest BCUT2D eigenvalue weighted by atomic mass is 9.82. The van der Waals surface area contributed by atoms with E-state index in [2.05, 4.69) is 9.80 Å². The summed E-state index contributed by atoms with van der Waals surface area (Å²) in [6.45, 7) is 2.54. The van der Waals surface area contributed by atoms with Crippen LogP contribution in [-0.4, -0.2) is 65.8 Å². The van der Waals surface area contributed by atoms with Gasteiger partial charge in [-0.3, -0.25) is 9.69 Å². The quantitative estimate of drug-likeness (QED) is 0.820. The highest BCUT2D eigenvalue weighted by Gasteiger charge is 2.51. The molecule has 1 aromatic carbocycles. The van der Waals surface area contributed by atoms with Crippen molar-refractivity contribution in [2.45, 2.75) is 75.6 Å². The van der Waals surface area contributed by atoms with E-state index in [-0.39, 0.29) is 11.6 Å². The largest absolute Gasteiger partial charge is 0.497 e. The molecule has 1 N–H and O–H groups in total. The lowest BCUT2D eigenvalue weighted by Gasteiger charge is -2.48. The summed E-state index contributed by atoms with van der Waals surface area (Å²) in [5, 5.41) is 9.86. The molecule has 3 aliphatic rings. The zero-order chi connectivity index (χ0) is 20.4. The molecule has 1 atom stereocenters. The Hall–Kier alpha value is -1.79. The average Bonchev–Trinajstić information content (AvgIpc) is 3.13. The van der Waals surface area contributed by atoms with E-state index >= 15 is 0 Å². The van der Waals surface area contributed by atoms with Crippen molar-refractivity contribution in [2.24, 2.45) is 0 Å². The Balaban J connectivity index is 1.54. The van der Waals surface area contributed by atoms with Gasteiger partial charge in [-0.2, -0.15) is 0 Å². The molecule has 1 aromatic rings. The zero-order valence-corrected chi connectivity index (χ0v) is 17.7. The second-order valence-electron chi connectivity index (χ2n) is 8.84. The molecule has 6 heteroatoms. The molecular formula is C23H34N2O4. The van der Waals surface area contributed by atoms with Gasteiger partial charge in [0.1, 0.15) is 17.0 Å². The number of rotatable bonds is 5. The zero-order valence-electron chi connectivity index (χ0n) is 17.7. The van der Waals surface area contributed by atoms with Gasteiger partial charge in [0.15, 0.2) is 0 Å². The van der Waals surface area contributed by atoms with Crippen molar-refractivity contribution in [1.82, 2.24) is 9.80 Å². The fourth-order valence-corrected chi connectivity index (χ4v) is 5.60. The molecule has 3 fully saturated rings. The van der Waals surface area contributed by atoms with Crippen LogP contribution < -0.4 is 9.47 Å². The summed E-state index contributed by atoms with van der Waals surface area (Å²) < 4.78 is 10.9. The maximum absolute atomic E-state index is 13.7. The third-order valence-electron chi connectivity index (χ3n) is 7.16. The van der Waals surface area contributed by atoms with Gasteiger partial charge in [0, 0.05) is 25.2 Å².